The zero-order valence-electron chi connectivity index (χ0n) is 5.59. The van der Waals surface area contributed by atoms with E-state index in [1.807, 2.05) is 13.8 Å². The van der Waals surface area contributed by atoms with Crippen LogP contribution in [-0.2, 0) is 4.79 Å². The Morgan fingerprint density at radius 3 is 2.56 bits per heavy atom. The van der Waals surface area contributed by atoms with Gasteiger partial charge in [-0.15, -0.1) is 0 Å². The van der Waals surface area contributed by atoms with Crippen LogP contribution in [0.5, 0.6) is 0 Å². The second-order valence-corrected chi connectivity index (χ2v) is 2.68. The van der Waals surface area contributed by atoms with Crippen LogP contribution < -0.4 is 0 Å². The molecule has 1 heterocycles. The van der Waals surface area contributed by atoms with E-state index in [1.165, 1.54) is 12.3 Å². The normalized spacial score (nSPS) is 22.7. The van der Waals surface area contributed by atoms with Crippen LogP contribution in [0.3, 0.4) is 0 Å². The molecule has 0 N–H and O–H groups in total. The molecule has 2 nitrogen and oxygen atoms in total. The summed E-state index contributed by atoms with van der Waals surface area (Å²) in [6.45, 7) is 3.70. The van der Waals surface area contributed by atoms with Gasteiger partial charge < -0.3 is 0 Å². The molecule has 1 rings (SSSR count). The first kappa shape index (κ1) is 6.20. The molecule has 0 saturated heterocycles. The van der Waals surface area contributed by atoms with Gasteiger partial charge in [0.1, 0.15) is 0 Å². The van der Waals surface area contributed by atoms with Gasteiger partial charge in [0.25, 0.3) is 0 Å². The lowest BCUT2D eigenvalue weighted by Gasteiger charge is -2.16. The van der Waals surface area contributed by atoms with Crippen LogP contribution in [0.15, 0.2) is 17.3 Å². The zero-order chi connectivity index (χ0) is 6.91. The molecule has 0 aromatic carbocycles. The molecule has 1 aliphatic rings. The summed E-state index contributed by atoms with van der Waals surface area (Å²) < 4.78 is 0. The zero-order valence-corrected chi connectivity index (χ0v) is 5.59. The number of aliphatic imine (C=N–C) groups is 1. The van der Waals surface area contributed by atoms with Gasteiger partial charge in [-0.25, -0.2) is 0 Å². The lowest BCUT2D eigenvalue weighted by molar-refractivity contribution is -0.119. The summed E-state index contributed by atoms with van der Waals surface area (Å²) in [5.74, 6) is 0.123. The maximum atomic E-state index is 10.9. The summed E-state index contributed by atoms with van der Waals surface area (Å²) in [5, 5.41) is 0. The number of hydrogen-bond acceptors (Lipinski definition) is 2. The highest BCUT2D eigenvalue weighted by molar-refractivity contribution is 6.06. The monoisotopic (exact) mass is 123 g/mol. The number of hydrogen-bond donors (Lipinski definition) is 0. The highest BCUT2D eigenvalue weighted by Crippen LogP contribution is 2.16. The molecule has 0 aromatic heterocycles. The van der Waals surface area contributed by atoms with Crippen molar-refractivity contribution in [3.63, 3.8) is 0 Å². The Morgan fingerprint density at radius 2 is 2.22 bits per heavy atom. The van der Waals surface area contributed by atoms with Crippen LogP contribution in [0.2, 0.25) is 0 Å². The average Bonchev–Trinajstić information content (AvgIpc) is 1.77. The fourth-order valence-corrected chi connectivity index (χ4v) is 0.619. The standard InChI is InChI=1S/C7H9NO/c1-7(2)5-8-4-3-6(7)9/h3-5H,1-2H3. The largest absolute Gasteiger partial charge is 0.294 e. The first-order chi connectivity index (χ1) is 4.13. The molecule has 0 aliphatic carbocycles. The van der Waals surface area contributed by atoms with Gasteiger partial charge in [0.05, 0.1) is 5.41 Å². The van der Waals surface area contributed by atoms with E-state index in [2.05, 4.69) is 4.99 Å². The van der Waals surface area contributed by atoms with Crippen LogP contribution in [-0.4, -0.2) is 12.0 Å². The molecule has 1 aliphatic heterocycles. The number of carbonyl (C=O) groups is 1. The molecule has 0 unspecified atom stereocenters. The van der Waals surface area contributed by atoms with Gasteiger partial charge in [-0.2, -0.15) is 0 Å². The predicted octanol–water partition coefficient (Wildman–Crippen LogP) is 1.18. The second-order valence-electron chi connectivity index (χ2n) is 2.68. The molecule has 0 fully saturated rings. The van der Waals surface area contributed by atoms with Gasteiger partial charge in [0.15, 0.2) is 5.78 Å². The number of rotatable bonds is 0. The molecule has 9 heavy (non-hydrogen) atoms. The number of ketones is 1. The SMILES string of the molecule is CC1(C)C=NC=CC1=O. The number of carbonyl (C=O) groups excluding carboxylic acids is 1. The molecule has 0 amide bonds. The first-order valence-corrected chi connectivity index (χ1v) is 2.88. The maximum Gasteiger partial charge on any atom is 0.168 e. The molecule has 0 aromatic rings. The van der Waals surface area contributed by atoms with Gasteiger partial charge in [-0.1, -0.05) is 0 Å². The first-order valence-electron chi connectivity index (χ1n) is 2.88. The van der Waals surface area contributed by atoms with E-state index in [0.29, 0.717) is 0 Å². The summed E-state index contributed by atoms with van der Waals surface area (Å²) in [6.07, 6.45) is 4.68. The van der Waals surface area contributed by atoms with Crippen molar-refractivity contribution in [1.82, 2.24) is 0 Å². The van der Waals surface area contributed by atoms with Crippen molar-refractivity contribution in [3.8, 4) is 0 Å². The Labute approximate surface area is 54.3 Å². The van der Waals surface area contributed by atoms with E-state index in [-0.39, 0.29) is 11.2 Å². The van der Waals surface area contributed by atoms with E-state index in [1.54, 1.807) is 6.21 Å². The minimum absolute atomic E-state index is 0.123. The molecule has 0 atom stereocenters. The van der Waals surface area contributed by atoms with Crippen LogP contribution >= 0.6 is 0 Å². The Morgan fingerprint density at radius 1 is 1.56 bits per heavy atom. The van der Waals surface area contributed by atoms with Gasteiger partial charge >= 0.3 is 0 Å². The third-order valence-electron chi connectivity index (χ3n) is 1.34. The topological polar surface area (TPSA) is 29.4 Å². The van der Waals surface area contributed by atoms with E-state index in [9.17, 15) is 4.79 Å². The average molecular weight is 123 g/mol. The summed E-state index contributed by atoms with van der Waals surface area (Å²) in [4.78, 5) is 14.8. The number of nitrogens with zero attached hydrogens (tertiary/aromatic N) is 1. The summed E-state index contributed by atoms with van der Waals surface area (Å²) in [6, 6.07) is 0. The molecule has 0 spiro atoms. The van der Waals surface area contributed by atoms with Gasteiger partial charge in [-0.05, 0) is 13.8 Å². The third kappa shape index (κ3) is 1.07. The lowest BCUT2D eigenvalue weighted by atomic mass is 9.88. The summed E-state index contributed by atoms with van der Waals surface area (Å²) in [7, 11) is 0. The summed E-state index contributed by atoms with van der Waals surface area (Å²) in [5.41, 5.74) is -0.380. The Balaban J connectivity index is 2.91. The lowest BCUT2D eigenvalue weighted by Crippen LogP contribution is -2.25. The fourth-order valence-electron chi connectivity index (χ4n) is 0.619. The molecular formula is C7H9NO. The van der Waals surface area contributed by atoms with E-state index in [0.717, 1.165) is 0 Å². The van der Waals surface area contributed by atoms with Crippen molar-refractivity contribution >= 4 is 12.0 Å². The highest BCUT2D eigenvalue weighted by Gasteiger charge is 2.24. The molecular weight excluding hydrogens is 114 g/mol. The molecule has 2 heteroatoms. The van der Waals surface area contributed by atoms with Crippen molar-refractivity contribution in [1.29, 1.82) is 0 Å². The smallest absolute Gasteiger partial charge is 0.168 e. The minimum Gasteiger partial charge on any atom is -0.294 e. The molecule has 0 saturated carbocycles. The van der Waals surface area contributed by atoms with Crippen LogP contribution in [0.4, 0.5) is 0 Å². The van der Waals surface area contributed by atoms with Crippen LogP contribution in [0.25, 0.3) is 0 Å². The molecule has 48 valence electrons. The maximum absolute atomic E-state index is 10.9. The van der Waals surface area contributed by atoms with Crippen molar-refractivity contribution in [2.75, 3.05) is 0 Å². The van der Waals surface area contributed by atoms with Gasteiger partial charge in [0, 0.05) is 18.5 Å². The van der Waals surface area contributed by atoms with Crippen molar-refractivity contribution < 1.29 is 4.79 Å². The van der Waals surface area contributed by atoms with E-state index in [4.69, 9.17) is 0 Å². The van der Waals surface area contributed by atoms with Gasteiger partial charge in [0.2, 0.25) is 0 Å². The highest BCUT2D eigenvalue weighted by atomic mass is 16.1. The Bertz CT molecular complexity index is 189. The quantitative estimate of drug-likeness (QED) is 0.475. The van der Waals surface area contributed by atoms with Crippen LogP contribution in [0.1, 0.15) is 13.8 Å². The molecule has 0 bridgehead atoms. The van der Waals surface area contributed by atoms with Crippen LogP contribution in [0, 0.1) is 5.41 Å². The van der Waals surface area contributed by atoms with Crippen molar-refractivity contribution in [2.24, 2.45) is 10.4 Å². The predicted molar refractivity (Wildman–Crippen MR) is 36.4 cm³/mol. The van der Waals surface area contributed by atoms with Crippen molar-refractivity contribution in [3.05, 3.63) is 12.3 Å². The number of allylic oxidation sites excluding steroid dienone is 1. The minimum atomic E-state index is -0.380. The van der Waals surface area contributed by atoms with Gasteiger partial charge in [-0.3, -0.25) is 9.79 Å². The third-order valence-corrected chi connectivity index (χ3v) is 1.34. The Kier molecular flexibility index (Phi) is 1.24. The molecule has 0 radical (unpaired) electrons. The van der Waals surface area contributed by atoms with E-state index < -0.39 is 0 Å². The second kappa shape index (κ2) is 1.79. The van der Waals surface area contributed by atoms with Crippen molar-refractivity contribution in [2.45, 2.75) is 13.8 Å². The van der Waals surface area contributed by atoms with E-state index >= 15 is 0 Å². The Hall–Kier alpha value is -0.920. The fraction of sp³-hybridized carbons (Fsp3) is 0.429. The summed E-state index contributed by atoms with van der Waals surface area (Å²) >= 11 is 0.